The van der Waals surface area contributed by atoms with Crippen molar-refractivity contribution in [1.82, 2.24) is 0 Å². The number of rotatable bonds is 2. The summed E-state index contributed by atoms with van der Waals surface area (Å²) < 4.78 is 70.4. The Kier molecular flexibility index (Phi) is 3.37. The predicted octanol–water partition coefficient (Wildman–Crippen LogP) is 2.42. The highest BCUT2D eigenvalue weighted by molar-refractivity contribution is 5.07. The van der Waals surface area contributed by atoms with Crippen LogP contribution in [0.15, 0.2) is 11.9 Å². The molecule has 0 aromatic rings. The van der Waals surface area contributed by atoms with E-state index in [4.69, 9.17) is 5.11 Å². The highest BCUT2D eigenvalue weighted by Gasteiger charge is 2.56. The lowest BCUT2D eigenvalue weighted by atomic mass is 10.2. The molecule has 1 nitrogen and oxygen atoms in total. The fourth-order valence-electron chi connectivity index (χ4n) is 0.376. The minimum Gasteiger partial charge on any atom is -0.386 e. The van der Waals surface area contributed by atoms with Crippen LogP contribution >= 0.6 is 0 Å². The standard InChI is InChI=1S/C6H6F6O/c1-3(13)4(7)2-5(8,9)6(10,11)12/h2-3,13H,1H3. The van der Waals surface area contributed by atoms with E-state index in [-0.39, 0.29) is 0 Å². The first kappa shape index (κ1) is 12.3. The molecule has 0 saturated heterocycles. The minimum absolute atomic E-state index is 0.734. The molecule has 0 spiro atoms. The lowest BCUT2D eigenvalue weighted by Gasteiger charge is -2.16. The summed E-state index contributed by atoms with van der Waals surface area (Å²) >= 11 is 0. The molecule has 1 unspecified atom stereocenters. The van der Waals surface area contributed by atoms with Gasteiger partial charge >= 0.3 is 12.1 Å². The molecule has 0 aliphatic carbocycles. The highest BCUT2D eigenvalue weighted by atomic mass is 19.4. The molecule has 1 N–H and O–H groups in total. The molecule has 0 saturated carbocycles. The molecule has 13 heavy (non-hydrogen) atoms. The fourth-order valence-corrected chi connectivity index (χ4v) is 0.376. The van der Waals surface area contributed by atoms with E-state index in [2.05, 4.69) is 0 Å². The Bertz CT molecular complexity index is 204. The average molecular weight is 208 g/mol. The van der Waals surface area contributed by atoms with E-state index < -0.39 is 30.1 Å². The van der Waals surface area contributed by atoms with Crippen molar-refractivity contribution in [3.05, 3.63) is 11.9 Å². The zero-order chi connectivity index (χ0) is 10.9. The summed E-state index contributed by atoms with van der Waals surface area (Å²) in [6, 6.07) is 0. The molecule has 0 radical (unpaired) electrons. The number of halogens is 6. The van der Waals surface area contributed by atoms with E-state index in [0.29, 0.717) is 0 Å². The van der Waals surface area contributed by atoms with Gasteiger partial charge in [0.1, 0.15) is 11.9 Å². The second-order valence-corrected chi connectivity index (χ2v) is 2.33. The normalized spacial score (nSPS) is 17.4. The summed E-state index contributed by atoms with van der Waals surface area (Å²) in [5.74, 6) is -7.17. The summed E-state index contributed by atoms with van der Waals surface area (Å²) in [6.45, 7) is 0.734. The number of hydrogen-bond acceptors (Lipinski definition) is 1. The van der Waals surface area contributed by atoms with Crippen LogP contribution in [0.3, 0.4) is 0 Å². The van der Waals surface area contributed by atoms with Gasteiger partial charge in [0.15, 0.2) is 0 Å². The van der Waals surface area contributed by atoms with E-state index >= 15 is 0 Å². The van der Waals surface area contributed by atoms with Crippen molar-refractivity contribution in [3.8, 4) is 0 Å². The van der Waals surface area contributed by atoms with Crippen LogP contribution in [0.2, 0.25) is 0 Å². The first-order valence-corrected chi connectivity index (χ1v) is 3.09. The summed E-state index contributed by atoms with van der Waals surface area (Å²) in [5.41, 5.74) is 0. The monoisotopic (exact) mass is 208 g/mol. The largest absolute Gasteiger partial charge is 0.457 e. The van der Waals surface area contributed by atoms with Crippen LogP contribution in [-0.2, 0) is 0 Å². The Balaban J connectivity index is 4.78. The number of alkyl halides is 5. The van der Waals surface area contributed by atoms with Crippen LogP contribution in [0.1, 0.15) is 6.92 Å². The van der Waals surface area contributed by atoms with Crippen LogP contribution < -0.4 is 0 Å². The number of hydrogen-bond donors (Lipinski definition) is 1. The van der Waals surface area contributed by atoms with E-state index in [1.54, 1.807) is 0 Å². The van der Waals surface area contributed by atoms with E-state index in [1.165, 1.54) is 0 Å². The van der Waals surface area contributed by atoms with Gasteiger partial charge in [-0.2, -0.15) is 22.0 Å². The van der Waals surface area contributed by atoms with Crippen molar-refractivity contribution in [2.75, 3.05) is 0 Å². The van der Waals surface area contributed by atoms with Gasteiger partial charge in [0.05, 0.1) is 0 Å². The smallest absolute Gasteiger partial charge is 0.386 e. The minimum atomic E-state index is -5.85. The zero-order valence-corrected chi connectivity index (χ0v) is 6.37. The van der Waals surface area contributed by atoms with Gasteiger partial charge in [-0.15, -0.1) is 0 Å². The Labute approximate surface area is 69.7 Å². The zero-order valence-electron chi connectivity index (χ0n) is 6.37. The van der Waals surface area contributed by atoms with E-state index in [9.17, 15) is 26.3 Å². The Morgan fingerprint density at radius 1 is 1.23 bits per heavy atom. The Morgan fingerprint density at radius 2 is 1.62 bits per heavy atom. The molecule has 7 heteroatoms. The lowest BCUT2D eigenvalue weighted by molar-refractivity contribution is -0.260. The number of aliphatic hydroxyl groups excluding tert-OH is 1. The van der Waals surface area contributed by atoms with Gasteiger partial charge in [-0.05, 0) is 6.92 Å². The number of allylic oxidation sites excluding steroid dienone is 1. The van der Waals surface area contributed by atoms with Gasteiger partial charge in [0.2, 0.25) is 0 Å². The Hall–Kier alpha value is -0.720. The van der Waals surface area contributed by atoms with Gasteiger partial charge in [-0.25, -0.2) is 4.39 Å². The molecular weight excluding hydrogens is 202 g/mol. The first-order valence-electron chi connectivity index (χ1n) is 3.09. The molecule has 78 valence electrons. The van der Waals surface area contributed by atoms with Crippen molar-refractivity contribution in [3.63, 3.8) is 0 Å². The summed E-state index contributed by atoms with van der Waals surface area (Å²) in [4.78, 5) is 0. The third-order valence-electron chi connectivity index (χ3n) is 1.10. The van der Waals surface area contributed by atoms with Crippen LogP contribution in [0.5, 0.6) is 0 Å². The van der Waals surface area contributed by atoms with Crippen LogP contribution in [0, 0.1) is 0 Å². The average Bonchev–Trinajstić information content (AvgIpc) is 1.83. The van der Waals surface area contributed by atoms with Gasteiger partial charge in [0, 0.05) is 6.08 Å². The van der Waals surface area contributed by atoms with Crippen molar-refractivity contribution in [2.24, 2.45) is 0 Å². The highest BCUT2D eigenvalue weighted by Crippen LogP contribution is 2.37. The first-order chi connectivity index (χ1) is 5.58. The SMILES string of the molecule is CC(O)C(F)=CC(F)(F)C(F)(F)F. The topological polar surface area (TPSA) is 20.2 Å². The van der Waals surface area contributed by atoms with Crippen LogP contribution in [0.4, 0.5) is 26.3 Å². The van der Waals surface area contributed by atoms with Crippen molar-refractivity contribution < 1.29 is 31.4 Å². The molecule has 0 amide bonds. The molecular formula is C6H6F6O. The molecule has 1 atom stereocenters. The summed E-state index contributed by atoms with van der Waals surface area (Å²) in [6.07, 6.45) is -8.77. The van der Waals surface area contributed by atoms with Crippen molar-refractivity contribution >= 4 is 0 Å². The molecule has 0 heterocycles. The lowest BCUT2D eigenvalue weighted by Crippen LogP contribution is -2.34. The van der Waals surface area contributed by atoms with Crippen LogP contribution in [0.25, 0.3) is 0 Å². The maximum Gasteiger partial charge on any atom is 0.457 e. The van der Waals surface area contributed by atoms with Gasteiger partial charge < -0.3 is 5.11 Å². The molecule has 0 aliphatic heterocycles. The summed E-state index contributed by atoms with van der Waals surface area (Å²) in [7, 11) is 0. The molecule has 0 aromatic heterocycles. The third-order valence-corrected chi connectivity index (χ3v) is 1.10. The summed E-state index contributed by atoms with van der Waals surface area (Å²) in [5, 5.41) is 8.31. The third kappa shape index (κ3) is 3.25. The molecule has 0 aliphatic rings. The molecule has 0 fully saturated rings. The van der Waals surface area contributed by atoms with Crippen molar-refractivity contribution in [1.29, 1.82) is 0 Å². The molecule has 0 aromatic carbocycles. The predicted molar refractivity (Wildman–Crippen MR) is 31.9 cm³/mol. The molecule has 0 bridgehead atoms. The fraction of sp³-hybridized carbons (Fsp3) is 0.667. The van der Waals surface area contributed by atoms with E-state index in [0.717, 1.165) is 6.92 Å². The maximum atomic E-state index is 12.2. The van der Waals surface area contributed by atoms with E-state index in [1.807, 2.05) is 0 Å². The van der Waals surface area contributed by atoms with Crippen LogP contribution in [-0.4, -0.2) is 23.3 Å². The van der Waals surface area contributed by atoms with Crippen molar-refractivity contribution in [2.45, 2.75) is 25.1 Å². The quantitative estimate of drug-likeness (QED) is 0.691. The van der Waals surface area contributed by atoms with Gasteiger partial charge in [-0.1, -0.05) is 0 Å². The van der Waals surface area contributed by atoms with Gasteiger partial charge in [0.25, 0.3) is 0 Å². The second-order valence-electron chi connectivity index (χ2n) is 2.33. The Morgan fingerprint density at radius 3 is 1.85 bits per heavy atom. The number of aliphatic hydroxyl groups is 1. The van der Waals surface area contributed by atoms with Gasteiger partial charge in [-0.3, -0.25) is 0 Å². The maximum absolute atomic E-state index is 12.2. The molecule has 0 rings (SSSR count). The second kappa shape index (κ2) is 3.57.